The highest BCUT2D eigenvalue weighted by Gasteiger charge is 2.00. The lowest BCUT2D eigenvalue weighted by atomic mass is 10.2. The Morgan fingerprint density at radius 1 is 1.50 bits per heavy atom. The standard InChI is InChI=1S/C11H11ClN2/c1-2-5-14-8-13-10-4-3-9(7-12)6-11(10)14/h2-6,8H,7H2,1H3/b5-2+. The molecule has 0 aliphatic heterocycles. The van der Waals surface area contributed by atoms with Gasteiger partial charge in [-0.15, -0.1) is 11.6 Å². The number of nitrogens with zero attached hydrogens (tertiary/aromatic N) is 2. The molecule has 0 bridgehead atoms. The van der Waals surface area contributed by atoms with E-state index in [1.54, 1.807) is 0 Å². The maximum atomic E-state index is 5.78. The summed E-state index contributed by atoms with van der Waals surface area (Å²) in [4.78, 5) is 4.28. The van der Waals surface area contributed by atoms with E-state index in [1.165, 1.54) is 0 Å². The SMILES string of the molecule is C/C=C/n1cnc2ccc(CCl)cc21. The van der Waals surface area contributed by atoms with Crippen molar-refractivity contribution in [3.63, 3.8) is 0 Å². The number of rotatable bonds is 2. The van der Waals surface area contributed by atoms with Crippen LogP contribution in [0.25, 0.3) is 17.2 Å². The zero-order chi connectivity index (χ0) is 9.97. The molecule has 2 rings (SSSR count). The van der Waals surface area contributed by atoms with E-state index < -0.39 is 0 Å². The third-order valence-electron chi connectivity index (χ3n) is 2.10. The number of hydrogen-bond acceptors (Lipinski definition) is 1. The Morgan fingerprint density at radius 3 is 3.07 bits per heavy atom. The molecule has 1 heterocycles. The minimum Gasteiger partial charge on any atom is -0.306 e. The summed E-state index contributed by atoms with van der Waals surface area (Å²) in [5, 5.41) is 0. The first-order valence-electron chi connectivity index (χ1n) is 4.49. The number of alkyl halides is 1. The third kappa shape index (κ3) is 1.53. The monoisotopic (exact) mass is 206 g/mol. The Labute approximate surface area is 87.8 Å². The predicted octanol–water partition coefficient (Wildman–Crippen LogP) is 3.27. The van der Waals surface area contributed by atoms with Gasteiger partial charge < -0.3 is 4.57 Å². The van der Waals surface area contributed by atoms with E-state index in [0.29, 0.717) is 5.88 Å². The van der Waals surface area contributed by atoms with Crippen LogP contribution in [0, 0.1) is 0 Å². The van der Waals surface area contributed by atoms with Gasteiger partial charge in [0, 0.05) is 12.1 Å². The number of benzene rings is 1. The van der Waals surface area contributed by atoms with Crippen LogP contribution in [0.3, 0.4) is 0 Å². The highest BCUT2D eigenvalue weighted by Crippen LogP contribution is 2.16. The van der Waals surface area contributed by atoms with Crippen LogP contribution < -0.4 is 0 Å². The predicted molar refractivity (Wildman–Crippen MR) is 60.3 cm³/mol. The van der Waals surface area contributed by atoms with Crippen LogP contribution in [0.2, 0.25) is 0 Å². The van der Waals surface area contributed by atoms with E-state index in [4.69, 9.17) is 11.6 Å². The van der Waals surface area contributed by atoms with E-state index in [9.17, 15) is 0 Å². The van der Waals surface area contributed by atoms with Crippen molar-refractivity contribution in [2.75, 3.05) is 0 Å². The second kappa shape index (κ2) is 3.84. The smallest absolute Gasteiger partial charge is 0.0999 e. The number of aromatic nitrogens is 2. The van der Waals surface area contributed by atoms with E-state index in [1.807, 2.05) is 42.2 Å². The first-order chi connectivity index (χ1) is 6.85. The van der Waals surface area contributed by atoms with Gasteiger partial charge in [0.1, 0.15) is 0 Å². The highest BCUT2D eigenvalue weighted by molar-refractivity contribution is 6.17. The van der Waals surface area contributed by atoms with Crippen LogP contribution in [0.5, 0.6) is 0 Å². The number of allylic oxidation sites excluding steroid dienone is 1. The third-order valence-corrected chi connectivity index (χ3v) is 2.41. The van der Waals surface area contributed by atoms with Gasteiger partial charge in [0.05, 0.1) is 17.4 Å². The van der Waals surface area contributed by atoms with E-state index in [2.05, 4.69) is 11.1 Å². The molecule has 0 saturated heterocycles. The Balaban J connectivity index is 2.63. The van der Waals surface area contributed by atoms with Crippen LogP contribution >= 0.6 is 11.6 Å². The summed E-state index contributed by atoms with van der Waals surface area (Å²) in [7, 11) is 0. The average Bonchev–Trinajstić information content (AvgIpc) is 2.61. The van der Waals surface area contributed by atoms with E-state index >= 15 is 0 Å². The number of imidazole rings is 1. The summed E-state index contributed by atoms with van der Waals surface area (Å²) in [6.45, 7) is 1.98. The Morgan fingerprint density at radius 2 is 2.36 bits per heavy atom. The van der Waals surface area contributed by atoms with Crippen molar-refractivity contribution in [2.45, 2.75) is 12.8 Å². The maximum absolute atomic E-state index is 5.78. The van der Waals surface area contributed by atoms with Crippen molar-refractivity contribution in [2.24, 2.45) is 0 Å². The molecule has 1 aromatic heterocycles. The molecule has 14 heavy (non-hydrogen) atoms. The fraction of sp³-hybridized carbons (Fsp3) is 0.182. The molecule has 0 aliphatic rings. The first kappa shape index (κ1) is 9.28. The summed E-state index contributed by atoms with van der Waals surface area (Å²) in [6.07, 6.45) is 5.77. The van der Waals surface area contributed by atoms with Crippen molar-refractivity contribution in [1.82, 2.24) is 9.55 Å². The molecule has 3 heteroatoms. The molecule has 0 atom stereocenters. The van der Waals surface area contributed by atoms with Gasteiger partial charge in [-0.05, 0) is 24.6 Å². The zero-order valence-corrected chi connectivity index (χ0v) is 8.70. The highest BCUT2D eigenvalue weighted by atomic mass is 35.5. The molecule has 0 N–H and O–H groups in total. The lowest BCUT2D eigenvalue weighted by molar-refractivity contribution is 1.17. The molecule has 0 fully saturated rings. The van der Waals surface area contributed by atoms with Gasteiger partial charge in [-0.3, -0.25) is 0 Å². The molecule has 0 saturated carbocycles. The minimum atomic E-state index is 0.539. The minimum absolute atomic E-state index is 0.539. The Hall–Kier alpha value is -1.28. The van der Waals surface area contributed by atoms with Gasteiger partial charge in [0.2, 0.25) is 0 Å². The molecular formula is C11H11ClN2. The van der Waals surface area contributed by atoms with Gasteiger partial charge in [-0.2, -0.15) is 0 Å². The average molecular weight is 207 g/mol. The molecular weight excluding hydrogens is 196 g/mol. The molecule has 0 unspecified atom stereocenters. The van der Waals surface area contributed by atoms with E-state index in [0.717, 1.165) is 16.6 Å². The lowest BCUT2D eigenvalue weighted by Gasteiger charge is -1.98. The fourth-order valence-electron chi connectivity index (χ4n) is 1.43. The Bertz CT molecular complexity index is 471. The quantitative estimate of drug-likeness (QED) is 0.690. The van der Waals surface area contributed by atoms with Crippen LogP contribution in [0.4, 0.5) is 0 Å². The maximum Gasteiger partial charge on any atom is 0.0999 e. The van der Waals surface area contributed by atoms with Crippen LogP contribution in [-0.2, 0) is 5.88 Å². The van der Waals surface area contributed by atoms with E-state index in [-0.39, 0.29) is 0 Å². The van der Waals surface area contributed by atoms with Gasteiger partial charge in [-0.1, -0.05) is 12.1 Å². The van der Waals surface area contributed by atoms with Crippen molar-refractivity contribution in [3.05, 3.63) is 36.2 Å². The van der Waals surface area contributed by atoms with Gasteiger partial charge in [0.15, 0.2) is 0 Å². The molecule has 1 aromatic carbocycles. The molecule has 0 spiro atoms. The first-order valence-corrected chi connectivity index (χ1v) is 5.03. The van der Waals surface area contributed by atoms with Crippen LogP contribution in [-0.4, -0.2) is 9.55 Å². The molecule has 2 aromatic rings. The Kier molecular flexibility index (Phi) is 2.55. The fourth-order valence-corrected chi connectivity index (χ4v) is 1.60. The summed E-state index contributed by atoms with van der Waals surface area (Å²) in [6, 6.07) is 6.06. The molecule has 0 amide bonds. The molecule has 2 nitrogen and oxygen atoms in total. The summed E-state index contributed by atoms with van der Waals surface area (Å²) in [5.41, 5.74) is 3.21. The number of hydrogen-bond donors (Lipinski definition) is 0. The number of fused-ring (bicyclic) bond motifs is 1. The van der Waals surface area contributed by atoms with Crippen molar-refractivity contribution in [1.29, 1.82) is 0 Å². The largest absolute Gasteiger partial charge is 0.306 e. The zero-order valence-electron chi connectivity index (χ0n) is 7.94. The topological polar surface area (TPSA) is 17.8 Å². The van der Waals surface area contributed by atoms with Crippen LogP contribution in [0.15, 0.2) is 30.6 Å². The number of halogens is 1. The lowest BCUT2D eigenvalue weighted by Crippen LogP contribution is -1.84. The van der Waals surface area contributed by atoms with Gasteiger partial charge in [-0.25, -0.2) is 4.98 Å². The second-order valence-corrected chi connectivity index (χ2v) is 3.36. The second-order valence-electron chi connectivity index (χ2n) is 3.09. The normalized spacial score (nSPS) is 11.6. The summed E-state index contributed by atoms with van der Waals surface area (Å²) >= 11 is 5.78. The van der Waals surface area contributed by atoms with Crippen molar-refractivity contribution >= 4 is 28.8 Å². The van der Waals surface area contributed by atoms with Gasteiger partial charge >= 0.3 is 0 Å². The molecule has 0 radical (unpaired) electrons. The van der Waals surface area contributed by atoms with Crippen molar-refractivity contribution < 1.29 is 0 Å². The van der Waals surface area contributed by atoms with Crippen molar-refractivity contribution in [3.8, 4) is 0 Å². The van der Waals surface area contributed by atoms with Gasteiger partial charge in [0.25, 0.3) is 0 Å². The molecule has 0 aliphatic carbocycles. The van der Waals surface area contributed by atoms with Crippen LogP contribution in [0.1, 0.15) is 12.5 Å². The summed E-state index contributed by atoms with van der Waals surface area (Å²) in [5.74, 6) is 0.539. The molecule has 72 valence electrons. The summed E-state index contributed by atoms with van der Waals surface area (Å²) < 4.78 is 1.99.